The van der Waals surface area contributed by atoms with Gasteiger partial charge in [0.2, 0.25) is 0 Å². The van der Waals surface area contributed by atoms with Crippen LogP contribution in [0.4, 0.5) is 17.1 Å². The van der Waals surface area contributed by atoms with Crippen molar-refractivity contribution in [1.82, 2.24) is 19.0 Å². The largest absolute Gasteiger partial charge is 0.381 e. The van der Waals surface area contributed by atoms with E-state index in [0.29, 0.717) is 44.5 Å². The SMILES string of the molecule is Cc1cc(-c2ccccc2CN2CCN(c3ccccc3C(=O)NS(=O)(=O)c3ccc(NCC4CCOCC4)c([N+](=O)[O-])c3)CC2)c2nc(C34CC5CC(CC(C5)C3)C4)cn2c1. The van der Waals surface area contributed by atoms with Gasteiger partial charge in [0, 0.05) is 87.6 Å². The van der Waals surface area contributed by atoms with E-state index in [1.807, 2.05) is 12.1 Å². The van der Waals surface area contributed by atoms with E-state index in [4.69, 9.17) is 9.72 Å². The first kappa shape index (κ1) is 40.7. The molecule has 2 N–H and O–H groups in total. The van der Waals surface area contributed by atoms with Crippen LogP contribution in [0.15, 0.2) is 90.1 Å². The second-order valence-electron chi connectivity index (χ2n) is 18.7. The van der Waals surface area contributed by atoms with E-state index in [1.54, 1.807) is 12.1 Å². The Bertz CT molecular complexity index is 2600. The maximum absolute atomic E-state index is 13.7. The number of sulfonamides is 1. The molecule has 3 aromatic carbocycles. The summed E-state index contributed by atoms with van der Waals surface area (Å²) in [5.74, 6) is 2.07. The van der Waals surface area contributed by atoms with Gasteiger partial charge in [-0.3, -0.25) is 19.8 Å². The van der Waals surface area contributed by atoms with Gasteiger partial charge in [-0.1, -0.05) is 36.4 Å². The van der Waals surface area contributed by atoms with Gasteiger partial charge in [-0.05, 0) is 129 Å². The summed E-state index contributed by atoms with van der Waals surface area (Å²) in [4.78, 5) is 34.8. The second-order valence-corrected chi connectivity index (χ2v) is 20.4. The molecule has 2 aliphatic heterocycles. The van der Waals surface area contributed by atoms with Crippen LogP contribution in [0.1, 0.15) is 78.5 Å². The number of nitro groups is 1. The molecule has 2 saturated heterocycles. The number of ether oxygens (including phenoxy) is 1. The van der Waals surface area contributed by atoms with Gasteiger partial charge in [-0.2, -0.15) is 0 Å². The number of imidazole rings is 1. The van der Waals surface area contributed by atoms with Crippen molar-refractivity contribution in [3.8, 4) is 11.1 Å². The van der Waals surface area contributed by atoms with E-state index in [2.05, 4.69) is 73.9 Å². The van der Waals surface area contributed by atoms with Crippen LogP contribution in [0.3, 0.4) is 0 Å². The number of rotatable bonds is 12. The van der Waals surface area contributed by atoms with Crippen LogP contribution in [0.25, 0.3) is 16.8 Å². The van der Waals surface area contributed by atoms with Crippen LogP contribution < -0.4 is 14.9 Å². The van der Waals surface area contributed by atoms with Crippen molar-refractivity contribution in [3.63, 3.8) is 0 Å². The Morgan fingerprint density at radius 3 is 2.31 bits per heavy atom. The first-order valence-corrected chi connectivity index (χ1v) is 23.8. The minimum atomic E-state index is -4.44. The molecule has 4 aliphatic carbocycles. The number of piperazine rings is 1. The number of aryl methyl sites for hydroxylation is 1. The average molecular weight is 858 g/mol. The topological polar surface area (TPSA) is 151 Å². The standard InChI is InChI=1S/C48H55N7O6S/c1-32-20-41(46-50-45(31-54(46)29-32)48-25-34-21-35(26-48)23-36(22-34)27-48)39-7-3-2-6-37(39)30-52-14-16-53(17-15-52)43-9-5-4-8-40(43)47(56)51-62(59,60)38-10-11-42(44(24-38)55(57)58)49-28-33-12-18-61-19-13-33/h2-11,20,24,29,31,33-36,49H,12-19,21-23,25-28,30H2,1H3,(H,51,56). The lowest BCUT2D eigenvalue weighted by Gasteiger charge is -2.56. The molecule has 0 spiro atoms. The van der Waals surface area contributed by atoms with Crippen molar-refractivity contribution in [3.05, 3.63) is 118 Å². The molecule has 324 valence electrons. The van der Waals surface area contributed by atoms with Crippen molar-refractivity contribution in [2.75, 3.05) is 56.2 Å². The van der Waals surface area contributed by atoms with E-state index in [0.717, 1.165) is 67.5 Å². The molecule has 4 saturated carbocycles. The quantitative estimate of drug-likeness (QED) is 0.0934. The number of aromatic nitrogens is 2. The molecule has 6 aliphatic rings. The van der Waals surface area contributed by atoms with Crippen LogP contribution in [-0.2, 0) is 26.7 Å². The number of pyridine rings is 1. The zero-order valence-electron chi connectivity index (χ0n) is 35.3. The van der Waals surface area contributed by atoms with Crippen molar-refractivity contribution in [1.29, 1.82) is 0 Å². The predicted octanol–water partition coefficient (Wildman–Crippen LogP) is 7.97. The van der Waals surface area contributed by atoms with Crippen molar-refractivity contribution < 1.29 is 22.9 Å². The molecule has 6 fully saturated rings. The van der Waals surface area contributed by atoms with Crippen LogP contribution in [-0.4, -0.2) is 79.5 Å². The molecule has 2 aromatic heterocycles. The first-order chi connectivity index (χ1) is 30.0. The number of fused-ring (bicyclic) bond motifs is 1. The molecule has 11 rings (SSSR count). The maximum atomic E-state index is 13.7. The number of nitrogens with zero attached hydrogens (tertiary/aromatic N) is 5. The maximum Gasteiger partial charge on any atom is 0.293 e. The van der Waals surface area contributed by atoms with Crippen LogP contribution in [0.2, 0.25) is 0 Å². The summed E-state index contributed by atoms with van der Waals surface area (Å²) in [7, 11) is -4.44. The molecule has 4 bridgehead atoms. The fourth-order valence-corrected chi connectivity index (χ4v) is 12.8. The lowest BCUT2D eigenvalue weighted by atomic mass is 9.49. The second kappa shape index (κ2) is 16.4. The number of benzene rings is 3. The van der Waals surface area contributed by atoms with E-state index in [-0.39, 0.29) is 27.2 Å². The number of hydrogen-bond acceptors (Lipinski definition) is 10. The highest BCUT2D eigenvalue weighted by molar-refractivity contribution is 7.90. The molecule has 1 amide bonds. The normalized spacial score (nSPS) is 24.1. The summed E-state index contributed by atoms with van der Waals surface area (Å²) in [6.07, 6.45) is 14.3. The lowest BCUT2D eigenvalue weighted by Crippen LogP contribution is -2.48. The molecule has 62 heavy (non-hydrogen) atoms. The molecule has 13 nitrogen and oxygen atoms in total. The monoisotopic (exact) mass is 857 g/mol. The van der Waals surface area contributed by atoms with E-state index in [9.17, 15) is 23.3 Å². The van der Waals surface area contributed by atoms with Crippen molar-refractivity contribution in [2.24, 2.45) is 23.7 Å². The number of carbonyl (C=O) groups is 1. The molecule has 0 radical (unpaired) electrons. The van der Waals surface area contributed by atoms with Gasteiger partial charge >= 0.3 is 0 Å². The van der Waals surface area contributed by atoms with Crippen LogP contribution >= 0.6 is 0 Å². The van der Waals surface area contributed by atoms with Gasteiger partial charge in [-0.25, -0.2) is 18.1 Å². The van der Waals surface area contributed by atoms with Crippen LogP contribution in [0, 0.1) is 40.7 Å². The summed E-state index contributed by atoms with van der Waals surface area (Å²) >= 11 is 0. The minimum absolute atomic E-state index is 0.218. The molecule has 4 heterocycles. The fraction of sp³-hybridized carbons (Fsp3) is 0.458. The lowest BCUT2D eigenvalue weighted by molar-refractivity contribution is -0.384. The van der Waals surface area contributed by atoms with Gasteiger partial charge in [0.05, 0.1) is 21.1 Å². The van der Waals surface area contributed by atoms with Gasteiger partial charge in [0.1, 0.15) is 11.3 Å². The van der Waals surface area contributed by atoms with E-state index >= 15 is 0 Å². The third-order valence-electron chi connectivity index (χ3n) is 14.5. The molecule has 0 unspecified atom stereocenters. The van der Waals surface area contributed by atoms with Crippen molar-refractivity contribution in [2.45, 2.75) is 75.1 Å². The molecular formula is C48H55N7O6S. The Morgan fingerprint density at radius 1 is 0.887 bits per heavy atom. The fourth-order valence-electron chi connectivity index (χ4n) is 11.8. The van der Waals surface area contributed by atoms with E-state index < -0.39 is 20.9 Å². The Hall–Kier alpha value is -5.31. The highest BCUT2D eigenvalue weighted by atomic mass is 32.2. The third-order valence-corrected chi connectivity index (χ3v) is 15.8. The number of nitro benzene ring substituents is 1. The highest BCUT2D eigenvalue weighted by Gasteiger charge is 2.52. The number of carbonyl (C=O) groups excluding carboxylic acids is 1. The minimum Gasteiger partial charge on any atom is -0.381 e. The zero-order chi connectivity index (χ0) is 42.6. The third kappa shape index (κ3) is 7.96. The van der Waals surface area contributed by atoms with Gasteiger partial charge in [-0.15, -0.1) is 0 Å². The zero-order valence-corrected chi connectivity index (χ0v) is 36.1. The number of para-hydroxylation sites is 1. The van der Waals surface area contributed by atoms with Gasteiger partial charge < -0.3 is 19.4 Å². The first-order valence-electron chi connectivity index (χ1n) is 22.3. The van der Waals surface area contributed by atoms with Gasteiger partial charge in [0.25, 0.3) is 21.6 Å². The average Bonchev–Trinajstić information content (AvgIpc) is 3.71. The number of anilines is 2. The van der Waals surface area contributed by atoms with Crippen molar-refractivity contribution >= 4 is 38.6 Å². The Labute approximate surface area is 363 Å². The predicted molar refractivity (Wildman–Crippen MR) is 239 cm³/mol. The molecule has 0 atom stereocenters. The Kier molecular flexibility index (Phi) is 10.8. The smallest absolute Gasteiger partial charge is 0.293 e. The highest BCUT2D eigenvalue weighted by Crippen LogP contribution is 2.60. The molecule has 14 heteroatoms. The molecule has 5 aromatic rings. The number of amides is 1. The Balaban J connectivity index is 0.821. The molecular weight excluding hydrogens is 803 g/mol. The number of hydrogen-bond donors (Lipinski definition) is 2. The number of nitrogens with one attached hydrogen (secondary N) is 2. The Morgan fingerprint density at radius 2 is 1.58 bits per heavy atom. The summed E-state index contributed by atoms with van der Waals surface area (Å²) in [5.41, 5.74) is 8.05. The summed E-state index contributed by atoms with van der Waals surface area (Å²) in [6.45, 7) is 7.47. The van der Waals surface area contributed by atoms with E-state index in [1.165, 1.54) is 73.0 Å². The summed E-state index contributed by atoms with van der Waals surface area (Å²) in [6, 6.07) is 21.6. The summed E-state index contributed by atoms with van der Waals surface area (Å²) in [5, 5.41) is 15.1. The van der Waals surface area contributed by atoms with Crippen LogP contribution in [0.5, 0.6) is 0 Å². The van der Waals surface area contributed by atoms with Gasteiger partial charge in [0.15, 0.2) is 0 Å². The summed E-state index contributed by atoms with van der Waals surface area (Å²) < 4.78 is 37.0.